The number of hydrogen-bond acceptors (Lipinski definition) is 2. The highest BCUT2D eigenvalue weighted by atomic mass is 35.5. The minimum atomic E-state index is -0.546. The smallest absolute Gasteiger partial charge is 0.255 e. The second-order valence-corrected chi connectivity index (χ2v) is 5.09. The summed E-state index contributed by atoms with van der Waals surface area (Å²) >= 11 is 5.66. The van der Waals surface area contributed by atoms with E-state index in [1.807, 2.05) is 0 Å². The summed E-state index contributed by atoms with van der Waals surface area (Å²) in [5.41, 5.74) is 2.30. The van der Waals surface area contributed by atoms with Crippen LogP contribution in [0.3, 0.4) is 0 Å². The van der Waals surface area contributed by atoms with Crippen molar-refractivity contribution < 1.29 is 14.0 Å². The van der Waals surface area contributed by atoms with Crippen LogP contribution in [0.1, 0.15) is 15.9 Å². The molecule has 0 saturated heterocycles. The third-order valence-electron chi connectivity index (χ3n) is 3.17. The van der Waals surface area contributed by atoms with E-state index in [1.165, 1.54) is 18.2 Å². The summed E-state index contributed by atoms with van der Waals surface area (Å²) < 4.78 is 13.1. The predicted molar refractivity (Wildman–Crippen MR) is 78.1 cm³/mol. The van der Waals surface area contributed by atoms with Gasteiger partial charge in [0.25, 0.3) is 5.91 Å². The lowest BCUT2D eigenvalue weighted by Gasteiger charge is -2.07. The number of carbonyl (C=O) groups is 2. The van der Waals surface area contributed by atoms with Crippen LogP contribution in [0.5, 0.6) is 0 Å². The first kappa shape index (κ1) is 13.6. The van der Waals surface area contributed by atoms with E-state index in [0.717, 1.165) is 5.56 Å². The molecule has 2 amide bonds. The van der Waals surface area contributed by atoms with E-state index in [0.29, 0.717) is 23.4 Å². The molecule has 3 rings (SSSR count). The molecule has 0 radical (unpaired) electrons. The van der Waals surface area contributed by atoms with Crippen molar-refractivity contribution >= 4 is 34.8 Å². The highest BCUT2D eigenvalue weighted by molar-refractivity contribution is 6.31. The quantitative estimate of drug-likeness (QED) is 0.895. The average molecular weight is 305 g/mol. The third-order valence-corrected chi connectivity index (χ3v) is 3.46. The van der Waals surface area contributed by atoms with Gasteiger partial charge < -0.3 is 10.6 Å². The van der Waals surface area contributed by atoms with E-state index < -0.39 is 5.82 Å². The van der Waals surface area contributed by atoms with Crippen molar-refractivity contribution in [3.05, 3.63) is 58.4 Å². The van der Waals surface area contributed by atoms with E-state index in [-0.39, 0.29) is 16.8 Å². The van der Waals surface area contributed by atoms with Crippen LogP contribution in [-0.2, 0) is 11.2 Å². The van der Waals surface area contributed by atoms with E-state index in [2.05, 4.69) is 10.6 Å². The normalized spacial score (nSPS) is 12.8. The summed E-state index contributed by atoms with van der Waals surface area (Å²) in [6.45, 7) is 0. The first-order chi connectivity index (χ1) is 10.0. The number of carbonyl (C=O) groups excluding carboxylic acids is 2. The molecule has 21 heavy (non-hydrogen) atoms. The van der Waals surface area contributed by atoms with Crippen LogP contribution in [0.15, 0.2) is 36.4 Å². The van der Waals surface area contributed by atoms with Crippen molar-refractivity contribution in [1.82, 2.24) is 0 Å². The number of nitrogens with one attached hydrogen (secondary N) is 2. The fraction of sp³-hybridized carbons (Fsp3) is 0.0667. The zero-order valence-corrected chi connectivity index (χ0v) is 11.5. The van der Waals surface area contributed by atoms with Gasteiger partial charge in [-0.15, -0.1) is 0 Å². The molecular formula is C15H10ClFN2O2. The number of hydrogen-bond donors (Lipinski definition) is 2. The average Bonchev–Trinajstić information content (AvgIpc) is 2.82. The Morgan fingerprint density at radius 3 is 2.81 bits per heavy atom. The minimum Gasteiger partial charge on any atom is -0.326 e. The van der Waals surface area contributed by atoms with E-state index in [1.54, 1.807) is 18.2 Å². The number of anilines is 2. The maximum absolute atomic E-state index is 13.1. The van der Waals surface area contributed by atoms with Crippen molar-refractivity contribution in [1.29, 1.82) is 0 Å². The fourth-order valence-corrected chi connectivity index (χ4v) is 2.31. The summed E-state index contributed by atoms with van der Waals surface area (Å²) in [7, 11) is 0. The Kier molecular flexibility index (Phi) is 3.35. The Labute approximate surface area is 124 Å². The molecule has 0 unspecified atom stereocenters. The molecule has 0 atom stereocenters. The summed E-state index contributed by atoms with van der Waals surface area (Å²) in [5, 5.41) is 5.25. The number of benzene rings is 2. The van der Waals surface area contributed by atoms with Crippen LogP contribution >= 0.6 is 11.6 Å². The van der Waals surface area contributed by atoms with Crippen LogP contribution in [0.4, 0.5) is 15.8 Å². The lowest BCUT2D eigenvalue weighted by atomic mass is 10.1. The topological polar surface area (TPSA) is 58.2 Å². The first-order valence-corrected chi connectivity index (χ1v) is 6.60. The van der Waals surface area contributed by atoms with Crippen molar-refractivity contribution in [2.24, 2.45) is 0 Å². The number of amides is 2. The van der Waals surface area contributed by atoms with Gasteiger partial charge >= 0.3 is 0 Å². The molecule has 0 fully saturated rings. The van der Waals surface area contributed by atoms with Crippen LogP contribution in [-0.4, -0.2) is 11.8 Å². The lowest BCUT2D eigenvalue weighted by Crippen LogP contribution is -2.12. The van der Waals surface area contributed by atoms with Gasteiger partial charge in [-0.3, -0.25) is 9.59 Å². The molecular weight excluding hydrogens is 295 g/mol. The summed E-state index contributed by atoms with van der Waals surface area (Å²) in [5.74, 6) is -0.996. The van der Waals surface area contributed by atoms with Crippen LogP contribution in [0.2, 0.25) is 5.02 Å². The van der Waals surface area contributed by atoms with Crippen molar-refractivity contribution in [3.63, 3.8) is 0 Å². The molecule has 0 saturated carbocycles. The van der Waals surface area contributed by atoms with Gasteiger partial charge in [-0.1, -0.05) is 17.7 Å². The van der Waals surface area contributed by atoms with Crippen LogP contribution in [0.25, 0.3) is 0 Å². The van der Waals surface area contributed by atoms with Crippen molar-refractivity contribution in [3.8, 4) is 0 Å². The van der Waals surface area contributed by atoms with Gasteiger partial charge in [0.05, 0.1) is 11.4 Å². The minimum absolute atomic E-state index is 0.0611. The standard InChI is InChI=1S/C15H10ClFN2O2/c16-11-7-10(3-4-12(11)17)18-15(21)9-2-1-8-6-14(20)19-13(8)5-9/h1-5,7H,6H2,(H,18,21)(H,19,20). The van der Waals surface area contributed by atoms with Gasteiger partial charge in [-0.25, -0.2) is 4.39 Å². The van der Waals surface area contributed by atoms with Gasteiger partial charge in [0.15, 0.2) is 0 Å². The number of halogens is 2. The molecule has 2 aromatic rings. The first-order valence-electron chi connectivity index (χ1n) is 6.22. The summed E-state index contributed by atoms with van der Waals surface area (Å²) in [6, 6.07) is 8.93. The zero-order chi connectivity index (χ0) is 15.0. The molecule has 0 aliphatic carbocycles. The van der Waals surface area contributed by atoms with Gasteiger partial charge in [0.2, 0.25) is 5.91 Å². The van der Waals surface area contributed by atoms with Gasteiger partial charge in [-0.2, -0.15) is 0 Å². The molecule has 0 aromatic heterocycles. The van der Waals surface area contributed by atoms with E-state index >= 15 is 0 Å². The van der Waals surface area contributed by atoms with Crippen LogP contribution < -0.4 is 10.6 Å². The highest BCUT2D eigenvalue weighted by Crippen LogP contribution is 2.25. The number of rotatable bonds is 2. The Hall–Kier alpha value is -2.40. The fourth-order valence-electron chi connectivity index (χ4n) is 2.13. The Bertz CT molecular complexity index is 761. The second-order valence-electron chi connectivity index (χ2n) is 4.68. The van der Waals surface area contributed by atoms with Gasteiger partial charge in [-0.05, 0) is 35.9 Å². The molecule has 1 heterocycles. The maximum atomic E-state index is 13.1. The Morgan fingerprint density at radius 1 is 1.24 bits per heavy atom. The molecule has 2 N–H and O–H groups in total. The lowest BCUT2D eigenvalue weighted by molar-refractivity contribution is -0.115. The summed E-state index contributed by atoms with van der Waals surface area (Å²) in [6.07, 6.45) is 0.324. The molecule has 4 nitrogen and oxygen atoms in total. The molecule has 6 heteroatoms. The van der Waals surface area contributed by atoms with Gasteiger partial charge in [0, 0.05) is 16.9 Å². The molecule has 1 aliphatic heterocycles. The van der Waals surface area contributed by atoms with Crippen molar-refractivity contribution in [2.75, 3.05) is 10.6 Å². The molecule has 0 spiro atoms. The maximum Gasteiger partial charge on any atom is 0.255 e. The monoisotopic (exact) mass is 304 g/mol. The summed E-state index contributed by atoms with van der Waals surface area (Å²) in [4.78, 5) is 23.4. The SMILES string of the molecule is O=C1Cc2ccc(C(=O)Nc3ccc(F)c(Cl)c3)cc2N1. The van der Waals surface area contributed by atoms with Gasteiger partial charge in [0.1, 0.15) is 5.82 Å². The Morgan fingerprint density at radius 2 is 2.05 bits per heavy atom. The number of fused-ring (bicyclic) bond motifs is 1. The van der Waals surface area contributed by atoms with Crippen molar-refractivity contribution in [2.45, 2.75) is 6.42 Å². The van der Waals surface area contributed by atoms with Crippen LogP contribution in [0, 0.1) is 5.82 Å². The molecule has 0 bridgehead atoms. The third kappa shape index (κ3) is 2.73. The Balaban J connectivity index is 1.81. The van der Waals surface area contributed by atoms with E-state index in [4.69, 9.17) is 11.6 Å². The highest BCUT2D eigenvalue weighted by Gasteiger charge is 2.19. The second kappa shape index (κ2) is 5.18. The molecule has 106 valence electrons. The molecule has 2 aromatic carbocycles. The molecule has 1 aliphatic rings. The largest absolute Gasteiger partial charge is 0.326 e. The predicted octanol–water partition coefficient (Wildman–Crippen LogP) is 3.23. The zero-order valence-electron chi connectivity index (χ0n) is 10.7. The van der Waals surface area contributed by atoms with E-state index in [9.17, 15) is 14.0 Å².